The van der Waals surface area contributed by atoms with Gasteiger partial charge in [0.05, 0.1) is 11.1 Å². The van der Waals surface area contributed by atoms with Gasteiger partial charge in [-0.25, -0.2) is 9.18 Å². The third kappa shape index (κ3) is 4.65. The van der Waals surface area contributed by atoms with Crippen LogP contribution in [0.4, 0.5) is 10.1 Å². The van der Waals surface area contributed by atoms with Gasteiger partial charge in [-0.15, -0.1) is 0 Å². The standard InChI is InChI=1S/C27H24FNO4/c1-4-29(5-2)21-12-6-18(7-13-21)15-24-26(30)25-17(3)14-22(16-23(25)33-24)32-27(31)19-8-10-20(28)11-9-19/h6-16H,4-5H2,1-3H3/b24-15-. The molecule has 6 heteroatoms. The maximum atomic E-state index is 13.1. The molecule has 1 heterocycles. The summed E-state index contributed by atoms with van der Waals surface area (Å²) in [7, 11) is 0. The van der Waals surface area contributed by atoms with E-state index in [2.05, 4.69) is 18.7 Å². The van der Waals surface area contributed by atoms with Crippen molar-refractivity contribution in [2.24, 2.45) is 0 Å². The lowest BCUT2D eigenvalue weighted by Gasteiger charge is -2.20. The van der Waals surface area contributed by atoms with Gasteiger partial charge in [0, 0.05) is 24.8 Å². The smallest absolute Gasteiger partial charge is 0.343 e. The summed E-state index contributed by atoms with van der Waals surface area (Å²) >= 11 is 0. The second-order valence-corrected chi connectivity index (χ2v) is 7.71. The van der Waals surface area contributed by atoms with Crippen LogP contribution in [0.5, 0.6) is 11.5 Å². The average Bonchev–Trinajstić information content (AvgIpc) is 3.11. The van der Waals surface area contributed by atoms with E-state index < -0.39 is 11.8 Å². The third-order valence-electron chi connectivity index (χ3n) is 5.55. The van der Waals surface area contributed by atoms with E-state index in [0.717, 1.165) is 24.3 Å². The Kier molecular flexibility index (Phi) is 6.27. The number of Topliss-reactive ketones (excluding diaryl/α,β-unsaturated/α-hetero) is 1. The zero-order chi connectivity index (χ0) is 23.5. The van der Waals surface area contributed by atoms with Gasteiger partial charge in [-0.3, -0.25) is 4.79 Å². The summed E-state index contributed by atoms with van der Waals surface area (Å²) in [5.74, 6) is -0.472. The number of benzene rings is 3. The molecule has 3 aromatic rings. The highest BCUT2D eigenvalue weighted by Gasteiger charge is 2.30. The number of anilines is 1. The molecule has 0 aromatic heterocycles. The number of nitrogens with zero attached hydrogens (tertiary/aromatic N) is 1. The molecule has 0 amide bonds. The Labute approximate surface area is 192 Å². The zero-order valence-corrected chi connectivity index (χ0v) is 18.7. The van der Waals surface area contributed by atoms with Crippen molar-refractivity contribution in [3.8, 4) is 11.5 Å². The van der Waals surface area contributed by atoms with E-state index >= 15 is 0 Å². The van der Waals surface area contributed by atoms with Crippen LogP contribution in [0.25, 0.3) is 6.08 Å². The number of rotatable bonds is 6. The Balaban J connectivity index is 1.54. The molecule has 1 aliphatic heterocycles. The first-order chi connectivity index (χ1) is 15.9. The van der Waals surface area contributed by atoms with Gasteiger partial charge in [0.15, 0.2) is 5.76 Å². The van der Waals surface area contributed by atoms with E-state index in [1.165, 1.54) is 30.3 Å². The van der Waals surface area contributed by atoms with E-state index in [1.807, 2.05) is 24.3 Å². The number of ether oxygens (including phenoxy) is 2. The van der Waals surface area contributed by atoms with Crippen LogP contribution in [0.15, 0.2) is 66.4 Å². The minimum Gasteiger partial charge on any atom is -0.452 e. The number of allylic oxidation sites excluding steroid dienone is 1. The molecular formula is C27H24FNO4. The molecule has 0 bridgehead atoms. The molecule has 0 saturated carbocycles. The Hall–Kier alpha value is -3.93. The Morgan fingerprint density at radius 2 is 1.70 bits per heavy atom. The van der Waals surface area contributed by atoms with Crippen LogP contribution in [0, 0.1) is 12.7 Å². The van der Waals surface area contributed by atoms with Gasteiger partial charge in [-0.05, 0) is 80.4 Å². The second-order valence-electron chi connectivity index (χ2n) is 7.71. The molecule has 0 unspecified atom stereocenters. The molecule has 4 rings (SSSR count). The number of fused-ring (bicyclic) bond motifs is 1. The number of carbonyl (C=O) groups is 2. The number of hydrogen-bond acceptors (Lipinski definition) is 5. The minimum atomic E-state index is -0.622. The first-order valence-corrected chi connectivity index (χ1v) is 10.8. The van der Waals surface area contributed by atoms with Crippen molar-refractivity contribution in [3.05, 3.63) is 94.5 Å². The van der Waals surface area contributed by atoms with Crippen LogP contribution in [-0.4, -0.2) is 24.8 Å². The van der Waals surface area contributed by atoms with Crippen molar-refractivity contribution in [2.75, 3.05) is 18.0 Å². The number of esters is 1. The van der Waals surface area contributed by atoms with Gasteiger partial charge in [-0.2, -0.15) is 0 Å². The molecule has 0 radical (unpaired) electrons. The monoisotopic (exact) mass is 445 g/mol. The van der Waals surface area contributed by atoms with Crippen LogP contribution < -0.4 is 14.4 Å². The van der Waals surface area contributed by atoms with E-state index in [9.17, 15) is 14.0 Å². The second kappa shape index (κ2) is 9.28. The predicted molar refractivity (Wildman–Crippen MR) is 125 cm³/mol. The molecule has 1 aliphatic rings. The topological polar surface area (TPSA) is 55.8 Å². The molecule has 33 heavy (non-hydrogen) atoms. The molecule has 0 saturated heterocycles. The molecule has 0 aliphatic carbocycles. The average molecular weight is 445 g/mol. The Morgan fingerprint density at radius 3 is 2.33 bits per heavy atom. The van der Waals surface area contributed by atoms with Crippen molar-refractivity contribution >= 4 is 23.5 Å². The molecule has 0 fully saturated rings. The van der Waals surface area contributed by atoms with E-state index in [4.69, 9.17) is 9.47 Å². The highest BCUT2D eigenvalue weighted by atomic mass is 19.1. The molecule has 0 N–H and O–H groups in total. The fraction of sp³-hybridized carbons (Fsp3) is 0.185. The van der Waals surface area contributed by atoms with Crippen LogP contribution >= 0.6 is 0 Å². The molecule has 3 aromatic carbocycles. The maximum absolute atomic E-state index is 13.1. The van der Waals surface area contributed by atoms with Crippen LogP contribution in [0.1, 0.15) is 45.7 Å². The van der Waals surface area contributed by atoms with Crippen molar-refractivity contribution in [1.82, 2.24) is 0 Å². The highest BCUT2D eigenvalue weighted by molar-refractivity contribution is 6.15. The number of aryl methyl sites for hydroxylation is 1. The first-order valence-electron chi connectivity index (χ1n) is 10.8. The predicted octanol–water partition coefficient (Wildman–Crippen LogP) is 5.82. The molecule has 0 atom stereocenters. The van der Waals surface area contributed by atoms with Gasteiger partial charge in [-0.1, -0.05) is 12.1 Å². The summed E-state index contributed by atoms with van der Waals surface area (Å²) < 4.78 is 24.3. The van der Waals surface area contributed by atoms with Crippen LogP contribution in [0.3, 0.4) is 0 Å². The Morgan fingerprint density at radius 1 is 1.03 bits per heavy atom. The first kappa shape index (κ1) is 22.3. The summed E-state index contributed by atoms with van der Waals surface area (Å²) in [6.07, 6.45) is 1.71. The lowest BCUT2D eigenvalue weighted by Crippen LogP contribution is -2.21. The zero-order valence-electron chi connectivity index (χ0n) is 18.7. The molecular weight excluding hydrogens is 421 g/mol. The van der Waals surface area contributed by atoms with Crippen molar-refractivity contribution in [1.29, 1.82) is 0 Å². The summed E-state index contributed by atoms with van der Waals surface area (Å²) in [5, 5.41) is 0. The maximum Gasteiger partial charge on any atom is 0.343 e. The van der Waals surface area contributed by atoms with E-state index in [0.29, 0.717) is 16.9 Å². The number of carbonyl (C=O) groups excluding carboxylic acids is 2. The van der Waals surface area contributed by atoms with Crippen LogP contribution in [-0.2, 0) is 0 Å². The van der Waals surface area contributed by atoms with E-state index in [1.54, 1.807) is 19.1 Å². The van der Waals surface area contributed by atoms with Crippen LogP contribution in [0.2, 0.25) is 0 Å². The highest BCUT2D eigenvalue weighted by Crippen LogP contribution is 2.37. The third-order valence-corrected chi connectivity index (χ3v) is 5.55. The van der Waals surface area contributed by atoms with Crippen molar-refractivity contribution < 1.29 is 23.5 Å². The summed E-state index contributed by atoms with van der Waals surface area (Å²) in [6.45, 7) is 7.81. The summed E-state index contributed by atoms with van der Waals surface area (Å²) in [5.41, 5.74) is 3.28. The van der Waals surface area contributed by atoms with Gasteiger partial charge in [0.1, 0.15) is 17.3 Å². The van der Waals surface area contributed by atoms with Gasteiger partial charge < -0.3 is 14.4 Å². The fourth-order valence-electron chi connectivity index (χ4n) is 3.81. The molecule has 5 nitrogen and oxygen atoms in total. The Bertz CT molecular complexity index is 1230. The lowest BCUT2D eigenvalue weighted by atomic mass is 10.0. The van der Waals surface area contributed by atoms with Crippen molar-refractivity contribution in [2.45, 2.75) is 20.8 Å². The van der Waals surface area contributed by atoms with Gasteiger partial charge >= 0.3 is 5.97 Å². The van der Waals surface area contributed by atoms with Gasteiger partial charge in [0.2, 0.25) is 5.78 Å². The minimum absolute atomic E-state index is 0.214. The SMILES string of the molecule is CCN(CC)c1ccc(/C=C2\Oc3cc(OC(=O)c4ccc(F)cc4)cc(C)c3C2=O)cc1. The fourth-order valence-corrected chi connectivity index (χ4v) is 3.81. The number of halogens is 1. The molecule has 168 valence electrons. The van der Waals surface area contributed by atoms with E-state index in [-0.39, 0.29) is 22.9 Å². The largest absolute Gasteiger partial charge is 0.452 e. The quantitative estimate of drug-likeness (QED) is 0.272. The molecule has 0 spiro atoms. The lowest BCUT2D eigenvalue weighted by molar-refractivity contribution is 0.0734. The van der Waals surface area contributed by atoms with Crippen molar-refractivity contribution in [3.63, 3.8) is 0 Å². The normalized spacial score (nSPS) is 13.6. The summed E-state index contributed by atoms with van der Waals surface area (Å²) in [6, 6.07) is 16.2. The number of ketones is 1. The summed E-state index contributed by atoms with van der Waals surface area (Å²) in [4.78, 5) is 27.5. The van der Waals surface area contributed by atoms with Gasteiger partial charge in [0.25, 0.3) is 0 Å². The number of hydrogen-bond donors (Lipinski definition) is 0.